The Kier molecular flexibility index (Phi) is 4.15. The molecule has 1 aromatic carbocycles. The molecule has 17 heavy (non-hydrogen) atoms. The second-order valence-electron chi connectivity index (χ2n) is 4.45. The second kappa shape index (κ2) is 5.82. The standard InChI is InChI=1S/C14H19NO2/c1-2-3-9-17-14(16)13-11-15(13)10-12-7-5-4-6-8-12/h4-8,13H,2-3,9-11H2,1H3/t13-,15?/m1/s1. The predicted octanol–water partition coefficient (Wildman–Crippen LogP) is 2.21. The molecule has 1 heterocycles. The summed E-state index contributed by atoms with van der Waals surface area (Å²) in [6.45, 7) is 4.33. The summed E-state index contributed by atoms with van der Waals surface area (Å²) in [6, 6.07) is 10.2. The molecule has 1 aromatic rings. The van der Waals surface area contributed by atoms with Crippen LogP contribution in [0.25, 0.3) is 0 Å². The van der Waals surface area contributed by atoms with Crippen molar-refractivity contribution < 1.29 is 9.53 Å². The average molecular weight is 233 g/mol. The molecule has 3 nitrogen and oxygen atoms in total. The fourth-order valence-corrected chi connectivity index (χ4v) is 1.80. The number of carbonyl (C=O) groups is 1. The van der Waals surface area contributed by atoms with Crippen molar-refractivity contribution in [2.24, 2.45) is 0 Å². The van der Waals surface area contributed by atoms with Gasteiger partial charge in [-0.05, 0) is 12.0 Å². The third-order valence-corrected chi connectivity index (χ3v) is 2.96. The van der Waals surface area contributed by atoms with Crippen LogP contribution in [0.3, 0.4) is 0 Å². The van der Waals surface area contributed by atoms with Gasteiger partial charge in [-0.15, -0.1) is 0 Å². The van der Waals surface area contributed by atoms with Crippen LogP contribution in [-0.2, 0) is 16.1 Å². The summed E-state index contributed by atoms with van der Waals surface area (Å²) >= 11 is 0. The van der Waals surface area contributed by atoms with E-state index in [2.05, 4.69) is 24.0 Å². The largest absolute Gasteiger partial charge is 0.464 e. The molecule has 92 valence electrons. The minimum absolute atomic E-state index is 0.00735. The van der Waals surface area contributed by atoms with Crippen molar-refractivity contribution in [1.29, 1.82) is 0 Å². The molecular weight excluding hydrogens is 214 g/mol. The fourth-order valence-electron chi connectivity index (χ4n) is 1.80. The molecule has 0 aliphatic carbocycles. The highest BCUT2D eigenvalue weighted by Crippen LogP contribution is 2.22. The summed E-state index contributed by atoms with van der Waals surface area (Å²) in [5.41, 5.74) is 1.25. The van der Waals surface area contributed by atoms with E-state index in [1.54, 1.807) is 0 Å². The predicted molar refractivity (Wildman–Crippen MR) is 66.5 cm³/mol. The van der Waals surface area contributed by atoms with Crippen molar-refractivity contribution >= 4 is 5.97 Å². The highest BCUT2D eigenvalue weighted by atomic mass is 16.5. The van der Waals surface area contributed by atoms with E-state index >= 15 is 0 Å². The van der Waals surface area contributed by atoms with Crippen molar-refractivity contribution in [3.05, 3.63) is 35.9 Å². The van der Waals surface area contributed by atoms with E-state index < -0.39 is 0 Å². The van der Waals surface area contributed by atoms with Crippen LogP contribution in [0.2, 0.25) is 0 Å². The molecule has 3 heteroatoms. The summed E-state index contributed by atoms with van der Waals surface area (Å²) in [5, 5.41) is 0. The lowest BCUT2D eigenvalue weighted by Gasteiger charge is -2.05. The first-order valence-electron chi connectivity index (χ1n) is 6.26. The van der Waals surface area contributed by atoms with Gasteiger partial charge in [0.15, 0.2) is 0 Å². The smallest absolute Gasteiger partial charge is 0.324 e. The lowest BCUT2D eigenvalue weighted by atomic mass is 10.2. The first-order valence-corrected chi connectivity index (χ1v) is 6.26. The molecule has 2 rings (SSSR count). The number of nitrogens with zero attached hydrogens (tertiary/aromatic N) is 1. The van der Waals surface area contributed by atoms with E-state index in [1.807, 2.05) is 18.2 Å². The number of hydrogen-bond donors (Lipinski definition) is 0. The molecule has 1 fully saturated rings. The van der Waals surface area contributed by atoms with Crippen molar-refractivity contribution in [2.45, 2.75) is 32.4 Å². The fraction of sp³-hybridized carbons (Fsp3) is 0.500. The van der Waals surface area contributed by atoms with Crippen LogP contribution in [0.1, 0.15) is 25.3 Å². The summed E-state index contributed by atoms with van der Waals surface area (Å²) < 4.78 is 5.19. The van der Waals surface area contributed by atoms with Gasteiger partial charge < -0.3 is 4.74 Å². The van der Waals surface area contributed by atoms with Crippen LogP contribution in [0.5, 0.6) is 0 Å². The van der Waals surface area contributed by atoms with Crippen LogP contribution in [0, 0.1) is 0 Å². The van der Waals surface area contributed by atoms with Gasteiger partial charge in [0.05, 0.1) is 6.61 Å². The van der Waals surface area contributed by atoms with Gasteiger partial charge in [0, 0.05) is 13.1 Å². The Morgan fingerprint density at radius 1 is 1.41 bits per heavy atom. The van der Waals surface area contributed by atoms with Crippen LogP contribution in [0.4, 0.5) is 0 Å². The number of ether oxygens (including phenoxy) is 1. The number of hydrogen-bond acceptors (Lipinski definition) is 3. The minimum Gasteiger partial charge on any atom is -0.464 e. The monoisotopic (exact) mass is 233 g/mol. The summed E-state index contributed by atoms with van der Waals surface area (Å²) in [5.74, 6) is -0.0608. The third-order valence-electron chi connectivity index (χ3n) is 2.96. The topological polar surface area (TPSA) is 29.3 Å². The molecule has 1 saturated heterocycles. The second-order valence-corrected chi connectivity index (χ2v) is 4.45. The zero-order chi connectivity index (χ0) is 12.1. The van der Waals surface area contributed by atoms with Gasteiger partial charge in [-0.3, -0.25) is 9.69 Å². The van der Waals surface area contributed by atoms with E-state index in [-0.39, 0.29) is 12.0 Å². The van der Waals surface area contributed by atoms with Crippen LogP contribution < -0.4 is 0 Å². The summed E-state index contributed by atoms with van der Waals surface area (Å²) in [7, 11) is 0. The normalized spacial score (nSPS) is 22.2. The number of esters is 1. The maximum Gasteiger partial charge on any atom is 0.324 e. The van der Waals surface area contributed by atoms with Crippen molar-refractivity contribution in [1.82, 2.24) is 4.90 Å². The highest BCUT2D eigenvalue weighted by Gasteiger charge is 2.41. The Morgan fingerprint density at radius 3 is 2.88 bits per heavy atom. The first-order chi connectivity index (χ1) is 8.31. The quantitative estimate of drug-likeness (QED) is 0.428. The molecule has 0 bridgehead atoms. The Labute approximate surface area is 102 Å². The molecule has 0 amide bonds. The van der Waals surface area contributed by atoms with Crippen molar-refractivity contribution in [2.75, 3.05) is 13.2 Å². The zero-order valence-corrected chi connectivity index (χ0v) is 10.3. The van der Waals surface area contributed by atoms with Gasteiger partial charge in [0.25, 0.3) is 0 Å². The van der Waals surface area contributed by atoms with Gasteiger partial charge in [-0.2, -0.15) is 0 Å². The Balaban J connectivity index is 1.71. The van der Waals surface area contributed by atoms with E-state index in [0.29, 0.717) is 6.61 Å². The van der Waals surface area contributed by atoms with Gasteiger partial charge >= 0.3 is 5.97 Å². The Morgan fingerprint density at radius 2 is 2.18 bits per heavy atom. The van der Waals surface area contributed by atoms with Gasteiger partial charge in [-0.1, -0.05) is 43.7 Å². The molecule has 0 radical (unpaired) electrons. The van der Waals surface area contributed by atoms with Gasteiger partial charge in [-0.25, -0.2) is 0 Å². The van der Waals surface area contributed by atoms with E-state index in [4.69, 9.17) is 4.74 Å². The number of carbonyl (C=O) groups excluding carboxylic acids is 1. The van der Waals surface area contributed by atoms with Gasteiger partial charge in [0.1, 0.15) is 6.04 Å². The zero-order valence-electron chi connectivity index (χ0n) is 10.3. The molecule has 1 unspecified atom stereocenters. The summed E-state index contributed by atoms with van der Waals surface area (Å²) in [4.78, 5) is 13.7. The molecule has 0 N–H and O–H groups in total. The SMILES string of the molecule is CCCCOC(=O)[C@H]1CN1Cc1ccccc1. The van der Waals surface area contributed by atoms with E-state index in [1.165, 1.54) is 5.56 Å². The van der Waals surface area contributed by atoms with Crippen molar-refractivity contribution in [3.63, 3.8) is 0 Å². The number of unbranched alkanes of at least 4 members (excludes halogenated alkanes) is 1. The molecular formula is C14H19NO2. The van der Waals surface area contributed by atoms with E-state index in [0.717, 1.165) is 25.9 Å². The molecule has 0 spiro atoms. The minimum atomic E-state index is -0.0608. The molecule has 0 saturated carbocycles. The molecule has 1 aliphatic rings. The molecule has 2 atom stereocenters. The Hall–Kier alpha value is -1.35. The van der Waals surface area contributed by atoms with Crippen LogP contribution in [-0.4, -0.2) is 30.1 Å². The van der Waals surface area contributed by atoms with E-state index in [9.17, 15) is 4.79 Å². The van der Waals surface area contributed by atoms with Crippen LogP contribution in [0.15, 0.2) is 30.3 Å². The average Bonchev–Trinajstić information content (AvgIpc) is 3.10. The summed E-state index contributed by atoms with van der Waals surface area (Å²) in [6.07, 6.45) is 2.02. The van der Waals surface area contributed by atoms with Crippen LogP contribution >= 0.6 is 0 Å². The Bertz CT molecular complexity index is 364. The van der Waals surface area contributed by atoms with Gasteiger partial charge in [0.2, 0.25) is 0 Å². The highest BCUT2D eigenvalue weighted by molar-refractivity contribution is 5.79. The lowest BCUT2D eigenvalue weighted by molar-refractivity contribution is -0.144. The third kappa shape index (κ3) is 3.56. The number of benzene rings is 1. The lowest BCUT2D eigenvalue weighted by Crippen LogP contribution is -2.16. The molecule has 1 aliphatic heterocycles. The van der Waals surface area contributed by atoms with Crippen molar-refractivity contribution in [3.8, 4) is 0 Å². The number of rotatable bonds is 6. The molecule has 0 aromatic heterocycles. The maximum absolute atomic E-state index is 11.6. The maximum atomic E-state index is 11.6. The first kappa shape index (κ1) is 12.1.